The highest BCUT2D eigenvalue weighted by Gasteiger charge is 2.29. The lowest BCUT2D eigenvalue weighted by atomic mass is 9.90. The summed E-state index contributed by atoms with van der Waals surface area (Å²) in [7, 11) is 0. The number of amides is 2. The first kappa shape index (κ1) is 23.0. The summed E-state index contributed by atoms with van der Waals surface area (Å²) >= 11 is 1.41. The molecule has 2 N–H and O–H groups in total. The molecule has 1 aliphatic carbocycles. The van der Waals surface area contributed by atoms with Gasteiger partial charge in [0, 0.05) is 23.0 Å². The predicted octanol–water partition coefficient (Wildman–Crippen LogP) is 4.81. The molecule has 2 amide bonds. The molecule has 0 saturated heterocycles. The predicted molar refractivity (Wildman–Crippen MR) is 130 cm³/mol. The minimum Gasteiger partial charge on any atom is -0.486 e. The van der Waals surface area contributed by atoms with Crippen LogP contribution in [0.15, 0.2) is 53.9 Å². The molecule has 172 valence electrons. The topological polar surface area (TPSA) is 80.3 Å². The number of nitrogens with one attached hydrogen (secondary N) is 2. The zero-order valence-corrected chi connectivity index (χ0v) is 19.8. The third-order valence-corrected chi connectivity index (χ3v) is 6.70. The van der Waals surface area contributed by atoms with E-state index in [1.54, 1.807) is 5.38 Å². The molecule has 2 aromatic carbocycles. The Morgan fingerprint density at radius 2 is 1.48 bits per heavy atom. The zero-order chi connectivity index (χ0) is 23.2. The van der Waals surface area contributed by atoms with E-state index in [-0.39, 0.29) is 23.9 Å². The van der Waals surface area contributed by atoms with Crippen LogP contribution in [-0.2, 0) is 6.61 Å². The standard InChI is InChI=1S/C26H29N3O3S/c1-17-7-11-19(12-8-17)25(30)28-21-5-3-4-6-22(21)29-26(31)23-16-33-24(27-23)15-32-20-13-9-18(2)10-14-20/h7-14,16,21-22H,3-6,15H2,1-2H3,(H,28,30)(H,29,31)/t21-,22-/m1/s1. The molecular formula is C26H29N3O3S. The molecule has 0 unspecified atom stereocenters. The molecule has 6 nitrogen and oxygen atoms in total. The first-order valence-electron chi connectivity index (χ1n) is 11.3. The highest BCUT2D eigenvalue weighted by molar-refractivity contribution is 7.09. The summed E-state index contributed by atoms with van der Waals surface area (Å²) in [5.74, 6) is 0.454. The van der Waals surface area contributed by atoms with Gasteiger partial charge >= 0.3 is 0 Å². The first-order chi connectivity index (χ1) is 16.0. The second-order valence-corrected chi connectivity index (χ2v) is 9.48. The maximum absolute atomic E-state index is 12.9. The molecule has 1 aliphatic rings. The van der Waals surface area contributed by atoms with Gasteiger partial charge in [-0.2, -0.15) is 0 Å². The lowest BCUT2D eigenvalue weighted by Crippen LogP contribution is -2.53. The number of hydrogen-bond donors (Lipinski definition) is 2. The van der Waals surface area contributed by atoms with Crippen molar-refractivity contribution in [2.24, 2.45) is 0 Å². The van der Waals surface area contributed by atoms with Crippen LogP contribution in [0.25, 0.3) is 0 Å². The second-order valence-electron chi connectivity index (χ2n) is 8.54. The summed E-state index contributed by atoms with van der Waals surface area (Å²) in [6.07, 6.45) is 3.73. The SMILES string of the molecule is Cc1ccc(OCc2nc(C(=O)N[C@@H]3CCCC[C@H]3NC(=O)c3ccc(C)cc3)cs2)cc1. The van der Waals surface area contributed by atoms with Crippen LogP contribution in [0.4, 0.5) is 0 Å². The van der Waals surface area contributed by atoms with Gasteiger partial charge in [0.1, 0.15) is 23.1 Å². The van der Waals surface area contributed by atoms with Crippen LogP contribution in [0.2, 0.25) is 0 Å². The third-order valence-electron chi connectivity index (χ3n) is 5.88. The molecule has 4 rings (SSSR count). The van der Waals surface area contributed by atoms with Gasteiger partial charge in [0.15, 0.2) is 0 Å². The Balaban J connectivity index is 1.33. The van der Waals surface area contributed by atoms with Crippen molar-refractivity contribution in [3.8, 4) is 5.75 Å². The lowest BCUT2D eigenvalue weighted by Gasteiger charge is -2.32. The Morgan fingerprint density at radius 3 is 2.12 bits per heavy atom. The van der Waals surface area contributed by atoms with E-state index >= 15 is 0 Å². The molecule has 2 atom stereocenters. The fourth-order valence-corrected chi connectivity index (χ4v) is 4.62. The Morgan fingerprint density at radius 1 is 0.909 bits per heavy atom. The Labute approximate surface area is 198 Å². The lowest BCUT2D eigenvalue weighted by molar-refractivity contribution is 0.0860. The van der Waals surface area contributed by atoms with Gasteiger partial charge in [-0.3, -0.25) is 9.59 Å². The van der Waals surface area contributed by atoms with Gasteiger partial charge in [-0.25, -0.2) is 4.98 Å². The van der Waals surface area contributed by atoms with Crippen LogP contribution in [0.1, 0.15) is 62.7 Å². The second kappa shape index (κ2) is 10.6. The summed E-state index contributed by atoms with van der Waals surface area (Å²) in [5, 5.41) is 8.71. The number of benzene rings is 2. The van der Waals surface area contributed by atoms with Crippen molar-refractivity contribution in [2.75, 3.05) is 0 Å². The summed E-state index contributed by atoms with van der Waals surface area (Å²) in [6, 6.07) is 15.1. The van der Waals surface area contributed by atoms with Gasteiger partial charge in [-0.1, -0.05) is 48.2 Å². The number of aryl methyl sites for hydroxylation is 2. The molecule has 0 spiro atoms. The minimum absolute atomic E-state index is 0.0977. The third kappa shape index (κ3) is 6.20. The molecule has 0 aliphatic heterocycles. The van der Waals surface area contributed by atoms with Gasteiger partial charge < -0.3 is 15.4 Å². The summed E-state index contributed by atoms with van der Waals surface area (Å²) in [6.45, 7) is 4.34. The van der Waals surface area contributed by atoms with Crippen LogP contribution < -0.4 is 15.4 Å². The molecule has 1 saturated carbocycles. The zero-order valence-electron chi connectivity index (χ0n) is 19.0. The van der Waals surface area contributed by atoms with Crippen molar-refractivity contribution in [1.29, 1.82) is 0 Å². The molecule has 1 heterocycles. The minimum atomic E-state index is -0.214. The van der Waals surface area contributed by atoms with Crippen molar-refractivity contribution in [2.45, 2.75) is 58.2 Å². The molecule has 0 radical (unpaired) electrons. The van der Waals surface area contributed by atoms with Crippen LogP contribution in [0.5, 0.6) is 5.75 Å². The van der Waals surface area contributed by atoms with E-state index in [0.29, 0.717) is 17.9 Å². The Hall–Kier alpha value is -3.19. The van der Waals surface area contributed by atoms with Crippen molar-refractivity contribution in [1.82, 2.24) is 15.6 Å². The molecule has 0 bridgehead atoms. The monoisotopic (exact) mass is 463 g/mol. The highest BCUT2D eigenvalue weighted by Crippen LogP contribution is 2.21. The van der Waals surface area contributed by atoms with Gasteiger partial charge in [0.2, 0.25) is 0 Å². The van der Waals surface area contributed by atoms with E-state index < -0.39 is 0 Å². The van der Waals surface area contributed by atoms with Crippen molar-refractivity contribution >= 4 is 23.2 Å². The molecule has 1 aromatic heterocycles. The number of hydrogen-bond acceptors (Lipinski definition) is 5. The van der Waals surface area contributed by atoms with Crippen molar-refractivity contribution in [3.05, 3.63) is 81.3 Å². The van der Waals surface area contributed by atoms with Crippen molar-refractivity contribution in [3.63, 3.8) is 0 Å². The maximum Gasteiger partial charge on any atom is 0.271 e. The Bertz CT molecular complexity index is 1090. The number of thiazole rings is 1. The van der Waals surface area contributed by atoms with Crippen molar-refractivity contribution < 1.29 is 14.3 Å². The van der Waals surface area contributed by atoms with E-state index in [1.807, 2.05) is 62.4 Å². The van der Waals surface area contributed by atoms with E-state index in [1.165, 1.54) is 16.9 Å². The smallest absolute Gasteiger partial charge is 0.271 e. The van der Waals surface area contributed by atoms with Gasteiger partial charge in [-0.15, -0.1) is 11.3 Å². The van der Waals surface area contributed by atoms with Crippen LogP contribution >= 0.6 is 11.3 Å². The molecular weight excluding hydrogens is 434 g/mol. The van der Waals surface area contributed by atoms with Gasteiger partial charge in [-0.05, 0) is 51.0 Å². The van der Waals surface area contributed by atoms with Crippen LogP contribution in [0.3, 0.4) is 0 Å². The average Bonchev–Trinajstić information content (AvgIpc) is 3.30. The number of rotatable bonds is 7. The quantitative estimate of drug-likeness (QED) is 0.527. The summed E-state index contributed by atoms with van der Waals surface area (Å²) < 4.78 is 5.77. The molecule has 33 heavy (non-hydrogen) atoms. The van der Waals surface area contributed by atoms with Crippen LogP contribution in [-0.4, -0.2) is 28.9 Å². The van der Waals surface area contributed by atoms with E-state index in [4.69, 9.17) is 4.74 Å². The van der Waals surface area contributed by atoms with Gasteiger partial charge in [0.05, 0.1) is 0 Å². The first-order valence-corrected chi connectivity index (χ1v) is 12.2. The average molecular weight is 464 g/mol. The molecule has 3 aromatic rings. The number of aromatic nitrogens is 1. The largest absolute Gasteiger partial charge is 0.486 e. The fourth-order valence-electron chi connectivity index (χ4n) is 3.94. The summed E-state index contributed by atoms with van der Waals surface area (Å²) in [5.41, 5.74) is 3.30. The van der Waals surface area contributed by atoms with E-state index in [9.17, 15) is 9.59 Å². The summed E-state index contributed by atoms with van der Waals surface area (Å²) in [4.78, 5) is 30.0. The normalized spacial score (nSPS) is 17.9. The number of carbonyl (C=O) groups is 2. The number of ether oxygens (including phenoxy) is 1. The molecule has 7 heteroatoms. The Kier molecular flexibility index (Phi) is 7.40. The highest BCUT2D eigenvalue weighted by atomic mass is 32.1. The van der Waals surface area contributed by atoms with Crippen LogP contribution in [0, 0.1) is 13.8 Å². The van der Waals surface area contributed by atoms with Gasteiger partial charge in [0.25, 0.3) is 11.8 Å². The number of carbonyl (C=O) groups excluding carboxylic acids is 2. The molecule has 1 fully saturated rings. The van der Waals surface area contributed by atoms with E-state index in [0.717, 1.165) is 42.0 Å². The number of nitrogens with zero attached hydrogens (tertiary/aromatic N) is 1. The fraction of sp³-hybridized carbons (Fsp3) is 0.346. The van der Waals surface area contributed by atoms with E-state index in [2.05, 4.69) is 15.6 Å². The maximum atomic E-state index is 12.9.